The Balaban J connectivity index is 0.000000407. The first kappa shape index (κ1) is 25.0. The number of para-hydroxylation sites is 1. The molecule has 3 aliphatic rings. The Morgan fingerprint density at radius 2 is 1.38 bits per heavy atom. The fourth-order valence-electron chi connectivity index (χ4n) is 4.06. The molecule has 3 aromatic rings. The molecule has 0 unspecified atom stereocenters. The van der Waals surface area contributed by atoms with Crippen LogP contribution in [0.2, 0.25) is 5.02 Å². The van der Waals surface area contributed by atoms with Crippen LogP contribution in [0.5, 0.6) is 0 Å². The summed E-state index contributed by atoms with van der Waals surface area (Å²) in [5, 5.41) is 12.2. The van der Waals surface area contributed by atoms with Crippen LogP contribution in [0.3, 0.4) is 0 Å². The minimum Gasteiger partial charge on any atom is -0.255 e. The Hall–Kier alpha value is -2.14. The molecule has 34 heavy (non-hydrogen) atoms. The third kappa shape index (κ3) is 5.40. The van der Waals surface area contributed by atoms with Crippen LogP contribution >= 0.6 is 11.6 Å². The third-order valence-electron chi connectivity index (χ3n) is 5.54. The van der Waals surface area contributed by atoms with Gasteiger partial charge in [-0.05, 0) is 81.5 Å². The molecule has 0 saturated heterocycles. The van der Waals surface area contributed by atoms with Crippen LogP contribution in [0.4, 0.5) is 5.69 Å². The van der Waals surface area contributed by atoms with Gasteiger partial charge in [-0.2, -0.15) is 10.2 Å². The fraction of sp³-hybridized carbons (Fsp3) is 0.0741. The van der Waals surface area contributed by atoms with Crippen molar-refractivity contribution in [1.82, 2.24) is 14.8 Å². The van der Waals surface area contributed by atoms with Crippen LogP contribution in [0.25, 0.3) is 0 Å². The van der Waals surface area contributed by atoms with Gasteiger partial charge in [0.05, 0.1) is 11.4 Å². The summed E-state index contributed by atoms with van der Waals surface area (Å²) in [7, 11) is 0. The average molecular weight is 508 g/mol. The maximum Gasteiger partial charge on any atom is 2.00 e. The molecule has 5 nitrogen and oxygen atoms in total. The zero-order chi connectivity index (χ0) is 22.5. The Morgan fingerprint density at radius 1 is 0.735 bits per heavy atom. The molecule has 0 N–H and O–H groups in total. The molecular formula is C27H22ClFeN5+2. The quantitative estimate of drug-likeness (QED) is 0.437. The number of hydrazone groups is 1. The average Bonchev–Trinajstić information content (AvgIpc) is 3.66. The molecule has 2 fully saturated rings. The molecular weight excluding hydrogens is 486 g/mol. The van der Waals surface area contributed by atoms with Gasteiger partial charge in [-0.3, -0.25) is 5.01 Å². The van der Waals surface area contributed by atoms with E-state index < -0.39 is 0 Å². The van der Waals surface area contributed by atoms with E-state index in [0.717, 1.165) is 22.9 Å². The van der Waals surface area contributed by atoms with Crippen molar-refractivity contribution in [2.75, 3.05) is 5.01 Å². The second kappa shape index (κ2) is 12.0. The molecule has 2 heterocycles. The van der Waals surface area contributed by atoms with E-state index in [1.807, 2.05) is 91.0 Å². The topological polar surface area (TPSA) is 46.3 Å². The zero-order valence-electron chi connectivity index (χ0n) is 18.2. The summed E-state index contributed by atoms with van der Waals surface area (Å²) in [5.41, 5.74) is 2.93. The van der Waals surface area contributed by atoms with E-state index in [9.17, 15) is 0 Å². The normalized spacial score (nSPS) is 22.1. The van der Waals surface area contributed by atoms with Gasteiger partial charge in [0, 0.05) is 10.9 Å². The van der Waals surface area contributed by atoms with Crippen LogP contribution in [-0.4, -0.2) is 20.5 Å². The second-order valence-electron chi connectivity index (χ2n) is 7.59. The molecule has 2 aromatic carbocycles. The van der Waals surface area contributed by atoms with Crippen molar-refractivity contribution < 1.29 is 17.1 Å². The first-order valence-electron chi connectivity index (χ1n) is 10.7. The van der Waals surface area contributed by atoms with E-state index in [1.54, 1.807) is 12.7 Å². The van der Waals surface area contributed by atoms with Gasteiger partial charge in [0.15, 0.2) is 0 Å². The molecule has 10 radical (unpaired) electrons. The number of rotatable bonds is 4. The van der Waals surface area contributed by atoms with Gasteiger partial charge >= 0.3 is 17.1 Å². The Labute approximate surface area is 218 Å². The molecule has 2 atom stereocenters. The Bertz CT molecular complexity index is 1040. The number of nitrogens with zero attached hydrogens (tertiary/aromatic N) is 5. The fourth-order valence-corrected chi connectivity index (χ4v) is 4.31. The summed E-state index contributed by atoms with van der Waals surface area (Å²) < 4.78 is 1.86. The number of halogens is 1. The predicted octanol–water partition coefficient (Wildman–Crippen LogP) is 5.51. The summed E-state index contributed by atoms with van der Waals surface area (Å²) in [4.78, 5) is 4.18. The Morgan fingerprint density at radius 3 is 2.00 bits per heavy atom. The van der Waals surface area contributed by atoms with Gasteiger partial charge in [-0.25, -0.2) is 9.67 Å². The van der Waals surface area contributed by atoms with Crippen molar-refractivity contribution in [1.29, 1.82) is 0 Å². The van der Waals surface area contributed by atoms with Gasteiger partial charge < -0.3 is 0 Å². The largest absolute Gasteiger partial charge is 2.00 e. The van der Waals surface area contributed by atoms with Gasteiger partial charge in [0.1, 0.15) is 24.7 Å². The smallest absolute Gasteiger partial charge is 0.255 e. The molecule has 1 aliphatic heterocycles. The molecule has 0 amide bonds. The first-order valence-corrected chi connectivity index (χ1v) is 11.1. The van der Waals surface area contributed by atoms with Gasteiger partial charge in [0.25, 0.3) is 0 Å². The first-order chi connectivity index (χ1) is 16.3. The van der Waals surface area contributed by atoms with Crippen LogP contribution in [0.1, 0.15) is 17.6 Å². The van der Waals surface area contributed by atoms with Gasteiger partial charge in [-0.15, -0.1) is 0 Å². The minimum absolute atomic E-state index is 0. The molecule has 6 rings (SSSR count). The second-order valence-corrected chi connectivity index (χ2v) is 8.00. The standard InChI is InChI=1S/C22H17ClN5.C5H5.Fe/c23-19-13-7-6-12-18(19)21-22(27-15-24-14-25-27)20(16-8-4-5-9-16)26-28(21)17-10-2-1-3-11-17;1-2-4-5-3-1;/h1-15,21-22H;1-5H;/q;;+2/t21-,22+;;/m0../s1. The summed E-state index contributed by atoms with van der Waals surface area (Å²) >= 11 is 6.63. The third-order valence-corrected chi connectivity index (χ3v) is 5.88. The number of hydrogen-bond donors (Lipinski definition) is 0. The maximum absolute atomic E-state index is 6.63. The van der Waals surface area contributed by atoms with Crippen LogP contribution < -0.4 is 5.01 Å². The number of anilines is 1. The monoisotopic (exact) mass is 507 g/mol. The van der Waals surface area contributed by atoms with Crippen LogP contribution in [0.15, 0.2) is 72.4 Å². The van der Waals surface area contributed by atoms with E-state index in [0.29, 0.717) is 5.02 Å². The molecule has 0 bridgehead atoms. The van der Waals surface area contributed by atoms with Gasteiger partial charge in [-0.1, -0.05) is 48.0 Å². The van der Waals surface area contributed by atoms with E-state index in [2.05, 4.69) is 41.1 Å². The predicted molar refractivity (Wildman–Crippen MR) is 132 cm³/mol. The van der Waals surface area contributed by atoms with E-state index in [4.69, 9.17) is 16.7 Å². The molecule has 2 saturated carbocycles. The van der Waals surface area contributed by atoms with Crippen molar-refractivity contribution in [3.05, 3.63) is 142 Å². The summed E-state index contributed by atoms with van der Waals surface area (Å²) in [6, 6.07) is 17.7. The number of hydrogen-bond acceptors (Lipinski definition) is 4. The van der Waals surface area contributed by atoms with E-state index >= 15 is 0 Å². The molecule has 168 valence electrons. The zero-order valence-corrected chi connectivity index (χ0v) is 20.0. The van der Waals surface area contributed by atoms with Crippen molar-refractivity contribution in [2.45, 2.75) is 12.1 Å². The van der Waals surface area contributed by atoms with Crippen molar-refractivity contribution in [3.8, 4) is 0 Å². The number of benzene rings is 2. The molecule has 0 spiro atoms. The summed E-state index contributed by atoms with van der Waals surface area (Å²) in [5.74, 6) is 1.07. The molecule has 1 aromatic heterocycles. The maximum atomic E-state index is 6.63. The van der Waals surface area contributed by atoms with Crippen molar-refractivity contribution in [3.63, 3.8) is 0 Å². The summed E-state index contributed by atoms with van der Waals surface area (Å²) in [6.45, 7) is 0. The summed E-state index contributed by atoms with van der Waals surface area (Å²) in [6.07, 6.45) is 21.5. The van der Waals surface area contributed by atoms with E-state index in [-0.39, 0.29) is 29.2 Å². The van der Waals surface area contributed by atoms with Gasteiger partial charge in [0.2, 0.25) is 0 Å². The Kier molecular flexibility index (Phi) is 8.82. The molecule has 7 heteroatoms. The number of aromatic nitrogens is 3. The van der Waals surface area contributed by atoms with Crippen LogP contribution in [-0.2, 0) is 17.1 Å². The molecule has 2 aliphatic carbocycles. The minimum atomic E-state index is -0.162. The van der Waals surface area contributed by atoms with Crippen molar-refractivity contribution in [2.24, 2.45) is 5.10 Å². The van der Waals surface area contributed by atoms with E-state index in [1.165, 1.54) is 0 Å². The SMILES string of the molecule is Clc1ccccc1[C@H]1[C@H](n2cncn2)C([C]2[CH][CH][CH][CH]2)=NN1c1ccccc1.[CH]1[CH][CH][CH][CH]1.[Fe+2]. The van der Waals surface area contributed by atoms with Crippen molar-refractivity contribution >= 4 is 23.0 Å². The van der Waals surface area contributed by atoms with Crippen LogP contribution in [0, 0.1) is 63.7 Å².